The zero-order valence-electron chi connectivity index (χ0n) is 13.9. The molecule has 136 valence electrons. The maximum Gasteiger partial charge on any atom is 0.338 e. The molecule has 0 aliphatic rings. The van der Waals surface area contributed by atoms with Crippen LogP contribution in [0.5, 0.6) is 0 Å². The first-order valence-corrected chi connectivity index (χ1v) is 8.57. The van der Waals surface area contributed by atoms with Crippen molar-refractivity contribution in [2.24, 2.45) is 0 Å². The lowest BCUT2D eigenvalue weighted by Crippen LogP contribution is -2.41. The summed E-state index contributed by atoms with van der Waals surface area (Å²) in [5.74, 6) is -1.78. The van der Waals surface area contributed by atoms with Crippen LogP contribution >= 0.6 is 11.3 Å². The van der Waals surface area contributed by atoms with Gasteiger partial charge in [0.2, 0.25) is 0 Å². The van der Waals surface area contributed by atoms with E-state index in [4.69, 9.17) is 4.74 Å². The van der Waals surface area contributed by atoms with Crippen LogP contribution in [0.2, 0.25) is 0 Å². The number of esters is 1. The molecule has 2 aromatic rings. The van der Waals surface area contributed by atoms with E-state index in [9.17, 15) is 19.2 Å². The van der Waals surface area contributed by atoms with Crippen LogP contribution in [0.1, 0.15) is 27.0 Å². The molecule has 0 spiro atoms. The predicted molar refractivity (Wildman–Crippen MR) is 96.2 cm³/mol. The largest absolute Gasteiger partial charge is 0.452 e. The first kappa shape index (κ1) is 19.1. The first-order valence-electron chi connectivity index (χ1n) is 7.69. The van der Waals surface area contributed by atoms with Crippen molar-refractivity contribution in [1.29, 1.82) is 0 Å². The summed E-state index contributed by atoms with van der Waals surface area (Å²) < 4.78 is 4.86. The summed E-state index contributed by atoms with van der Waals surface area (Å²) in [6.45, 7) is 1.47. The first-order chi connectivity index (χ1) is 12.5. The van der Waals surface area contributed by atoms with Crippen LogP contribution in [-0.4, -0.2) is 37.0 Å². The minimum atomic E-state index is -0.747. The molecule has 8 nitrogen and oxygen atoms in total. The standard InChI is InChI=1S/C17H17N3O5S/c1-2-18-17(24)20-14(21)10-25-16(23)11-5-3-6-12(9-11)19-15(22)13-7-4-8-26-13/h3-9H,2,10H2,1H3,(H,19,22)(H2,18,20,21,24). The van der Waals surface area contributed by atoms with E-state index in [0.29, 0.717) is 17.1 Å². The van der Waals surface area contributed by atoms with Crippen molar-refractivity contribution < 1.29 is 23.9 Å². The number of ether oxygens (including phenoxy) is 1. The highest BCUT2D eigenvalue weighted by molar-refractivity contribution is 7.12. The van der Waals surface area contributed by atoms with Gasteiger partial charge in [0, 0.05) is 12.2 Å². The second-order valence-electron chi connectivity index (χ2n) is 5.00. The van der Waals surface area contributed by atoms with Crippen LogP contribution in [0, 0.1) is 0 Å². The molecule has 0 unspecified atom stereocenters. The summed E-state index contributed by atoms with van der Waals surface area (Å²) in [6.07, 6.45) is 0. The highest BCUT2D eigenvalue weighted by Gasteiger charge is 2.13. The van der Waals surface area contributed by atoms with Crippen LogP contribution in [0.4, 0.5) is 10.5 Å². The Morgan fingerprint density at radius 2 is 1.92 bits per heavy atom. The zero-order chi connectivity index (χ0) is 18.9. The van der Waals surface area contributed by atoms with Gasteiger partial charge in [-0.1, -0.05) is 12.1 Å². The molecule has 3 N–H and O–H groups in total. The monoisotopic (exact) mass is 375 g/mol. The molecule has 0 bridgehead atoms. The molecule has 2 rings (SSSR count). The van der Waals surface area contributed by atoms with E-state index in [-0.39, 0.29) is 11.5 Å². The Hall–Kier alpha value is -3.20. The summed E-state index contributed by atoms with van der Waals surface area (Å²) >= 11 is 1.30. The van der Waals surface area contributed by atoms with Gasteiger partial charge in [-0.15, -0.1) is 11.3 Å². The average molecular weight is 375 g/mol. The van der Waals surface area contributed by atoms with Crippen LogP contribution < -0.4 is 16.0 Å². The zero-order valence-corrected chi connectivity index (χ0v) is 14.7. The molecule has 4 amide bonds. The average Bonchev–Trinajstić information content (AvgIpc) is 3.15. The molecule has 0 aliphatic carbocycles. The highest BCUT2D eigenvalue weighted by atomic mass is 32.1. The second kappa shape index (κ2) is 9.33. The number of rotatable bonds is 6. The van der Waals surface area contributed by atoms with Gasteiger partial charge in [-0.2, -0.15) is 0 Å². The molecule has 0 saturated heterocycles. The topological polar surface area (TPSA) is 114 Å². The minimum Gasteiger partial charge on any atom is -0.452 e. The lowest BCUT2D eigenvalue weighted by Gasteiger charge is -2.08. The number of anilines is 1. The van der Waals surface area contributed by atoms with Gasteiger partial charge in [0.1, 0.15) is 0 Å². The van der Waals surface area contributed by atoms with Crippen molar-refractivity contribution in [3.05, 3.63) is 52.2 Å². The third kappa shape index (κ3) is 5.71. The minimum absolute atomic E-state index is 0.166. The van der Waals surface area contributed by atoms with Crippen molar-refractivity contribution >= 4 is 40.8 Å². The molecule has 1 aromatic carbocycles. The maximum atomic E-state index is 12.0. The van der Waals surface area contributed by atoms with E-state index in [1.54, 1.807) is 36.6 Å². The van der Waals surface area contributed by atoms with Crippen molar-refractivity contribution in [3.8, 4) is 0 Å². The van der Waals surface area contributed by atoms with Gasteiger partial charge in [-0.05, 0) is 36.6 Å². The third-order valence-electron chi connectivity index (χ3n) is 3.03. The summed E-state index contributed by atoms with van der Waals surface area (Å²) in [4.78, 5) is 47.3. The van der Waals surface area contributed by atoms with Gasteiger partial charge in [-0.25, -0.2) is 9.59 Å². The van der Waals surface area contributed by atoms with Gasteiger partial charge < -0.3 is 15.4 Å². The van der Waals surface area contributed by atoms with Gasteiger partial charge >= 0.3 is 12.0 Å². The highest BCUT2D eigenvalue weighted by Crippen LogP contribution is 2.15. The molecule has 0 aliphatic heterocycles. The van der Waals surface area contributed by atoms with E-state index in [1.165, 1.54) is 23.5 Å². The predicted octanol–water partition coefficient (Wildman–Crippen LogP) is 2.00. The summed E-state index contributed by atoms with van der Waals surface area (Å²) in [6, 6.07) is 8.93. The Bertz CT molecular complexity index is 804. The van der Waals surface area contributed by atoms with Crippen LogP contribution in [-0.2, 0) is 9.53 Å². The SMILES string of the molecule is CCNC(=O)NC(=O)COC(=O)c1cccc(NC(=O)c2cccs2)c1. The number of urea groups is 1. The molecule has 1 heterocycles. The summed E-state index contributed by atoms with van der Waals surface area (Å²) in [5, 5.41) is 8.86. The van der Waals surface area contributed by atoms with Gasteiger partial charge in [-0.3, -0.25) is 14.9 Å². The van der Waals surface area contributed by atoms with Gasteiger partial charge in [0.05, 0.1) is 10.4 Å². The Morgan fingerprint density at radius 1 is 1.12 bits per heavy atom. The number of hydrogen-bond donors (Lipinski definition) is 3. The van der Waals surface area contributed by atoms with Gasteiger partial charge in [0.15, 0.2) is 6.61 Å². The van der Waals surface area contributed by atoms with E-state index in [0.717, 1.165) is 0 Å². The Balaban J connectivity index is 1.90. The number of imide groups is 1. The normalized spacial score (nSPS) is 9.88. The smallest absolute Gasteiger partial charge is 0.338 e. The van der Waals surface area contributed by atoms with Crippen molar-refractivity contribution in [2.75, 3.05) is 18.5 Å². The fraction of sp³-hybridized carbons (Fsp3) is 0.176. The number of carbonyl (C=O) groups excluding carboxylic acids is 4. The summed E-state index contributed by atoms with van der Waals surface area (Å²) in [5.41, 5.74) is 0.587. The molecule has 1 aromatic heterocycles. The molecule has 9 heteroatoms. The fourth-order valence-corrected chi connectivity index (χ4v) is 2.53. The molecular formula is C17H17N3O5S. The molecule has 0 saturated carbocycles. The number of benzene rings is 1. The maximum absolute atomic E-state index is 12.0. The van der Waals surface area contributed by atoms with Gasteiger partial charge in [0.25, 0.3) is 11.8 Å². The quantitative estimate of drug-likeness (QED) is 0.668. The number of thiophene rings is 1. The third-order valence-corrected chi connectivity index (χ3v) is 3.89. The fourth-order valence-electron chi connectivity index (χ4n) is 1.91. The molecular weight excluding hydrogens is 358 g/mol. The second-order valence-corrected chi connectivity index (χ2v) is 5.94. The van der Waals surface area contributed by atoms with Crippen molar-refractivity contribution in [3.63, 3.8) is 0 Å². The van der Waals surface area contributed by atoms with E-state index in [2.05, 4.69) is 10.6 Å². The van der Waals surface area contributed by atoms with E-state index >= 15 is 0 Å². The number of nitrogens with one attached hydrogen (secondary N) is 3. The lowest BCUT2D eigenvalue weighted by atomic mass is 10.2. The van der Waals surface area contributed by atoms with Crippen LogP contribution in [0.3, 0.4) is 0 Å². The summed E-state index contributed by atoms with van der Waals surface area (Å²) in [7, 11) is 0. The van der Waals surface area contributed by atoms with E-state index in [1.807, 2.05) is 5.32 Å². The Kier molecular flexibility index (Phi) is 6.86. The van der Waals surface area contributed by atoms with E-state index < -0.39 is 24.5 Å². The number of hydrogen-bond acceptors (Lipinski definition) is 6. The Morgan fingerprint density at radius 3 is 2.62 bits per heavy atom. The molecule has 0 radical (unpaired) electrons. The molecule has 0 fully saturated rings. The van der Waals surface area contributed by atoms with Crippen LogP contribution in [0.25, 0.3) is 0 Å². The van der Waals surface area contributed by atoms with Crippen molar-refractivity contribution in [1.82, 2.24) is 10.6 Å². The number of carbonyl (C=O) groups is 4. The molecule has 0 atom stereocenters. The van der Waals surface area contributed by atoms with Crippen molar-refractivity contribution in [2.45, 2.75) is 6.92 Å². The lowest BCUT2D eigenvalue weighted by molar-refractivity contribution is -0.123. The number of amides is 4. The van der Waals surface area contributed by atoms with Crippen LogP contribution in [0.15, 0.2) is 41.8 Å². The Labute approximate surface area is 153 Å². The molecule has 26 heavy (non-hydrogen) atoms.